The topological polar surface area (TPSA) is 90.5 Å². The minimum absolute atomic E-state index is 0.189. The van der Waals surface area contributed by atoms with Gasteiger partial charge in [-0.2, -0.15) is 0 Å². The molecule has 2 aliphatic heterocycles. The molecule has 3 heterocycles. The molecule has 4 rings (SSSR count). The Kier molecular flexibility index (Phi) is 4.97. The van der Waals surface area contributed by atoms with Crippen LogP contribution in [0.15, 0.2) is 47.1 Å². The van der Waals surface area contributed by atoms with Gasteiger partial charge < -0.3 is 33.6 Å². The number of furan rings is 1. The quantitative estimate of drug-likeness (QED) is 0.857. The van der Waals surface area contributed by atoms with E-state index in [4.69, 9.17) is 23.4 Å². The van der Waals surface area contributed by atoms with Crippen molar-refractivity contribution in [1.29, 1.82) is 0 Å². The lowest BCUT2D eigenvalue weighted by Gasteiger charge is -2.45. The van der Waals surface area contributed by atoms with Gasteiger partial charge in [0.2, 0.25) is 12.6 Å². The van der Waals surface area contributed by atoms with E-state index in [9.17, 15) is 10.2 Å². The number of hydrogen-bond acceptors (Lipinski definition) is 7. The summed E-state index contributed by atoms with van der Waals surface area (Å²) in [5.41, 5.74) is 1.11. The minimum Gasteiger partial charge on any atom is -0.464 e. The van der Waals surface area contributed by atoms with Gasteiger partial charge in [-0.05, 0) is 36.2 Å². The molecule has 0 saturated carbocycles. The summed E-state index contributed by atoms with van der Waals surface area (Å²) in [7, 11) is 0. The lowest BCUT2D eigenvalue weighted by molar-refractivity contribution is -0.352. The molecule has 0 aliphatic carbocycles. The maximum absolute atomic E-state index is 10.5. The third kappa shape index (κ3) is 3.36. The van der Waals surface area contributed by atoms with Gasteiger partial charge in [0.1, 0.15) is 30.2 Å². The maximum atomic E-state index is 10.5. The Morgan fingerprint density at radius 2 is 2.00 bits per heavy atom. The molecule has 2 aromatic rings. The van der Waals surface area contributed by atoms with Crippen LogP contribution in [-0.4, -0.2) is 47.5 Å². The summed E-state index contributed by atoms with van der Waals surface area (Å²) in [6, 6.07) is 11.0. The zero-order valence-electron chi connectivity index (χ0n) is 14.4. The van der Waals surface area contributed by atoms with Gasteiger partial charge >= 0.3 is 0 Å². The fraction of sp³-hybridized carbons (Fsp3) is 0.474. The standard InChI is InChI=1S/C19H22O7/c1-2-11-5-3-6-12(9-11)24-19-16(21)15(20)17-14(25-19)10-23-18(26-17)13-7-4-8-22-13/h3-9,14-21H,2,10H2,1H3. The van der Waals surface area contributed by atoms with Gasteiger partial charge in [-0.15, -0.1) is 0 Å². The van der Waals surface area contributed by atoms with Gasteiger partial charge in [0.05, 0.1) is 12.9 Å². The van der Waals surface area contributed by atoms with Crippen molar-refractivity contribution in [2.45, 2.75) is 50.3 Å². The highest BCUT2D eigenvalue weighted by Crippen LogP contribution is 2.34. The molecule has 1 aromatic heterocycles. The first-order valence-corrected chi connectivity index (χ1v) is 8.73. The average molecular weight is 362 g/mol. The summed E-state index contributed by atoms with van der Waals surface area (Å²) >= 11 is 0. The van der Waals surface area contributed by atoms with Crippen LogP contribution >= 0.6 is 0 Å². The molecule has 7 heteroatoms. The molecule has 2 fully saturated rings. The lowest BCUT2D eigenvalue weighted by Crippen LogP contribution is -2.62. The largest absolute Gasteiger partial charge is 0.464 e. The molecule has 2 aliphatic rings. The summed E-state index contributed by atoms with van der Waals surface area (Å²) in [5.74, 6) is 1.07. The highest BCUT2D eigenvalue weighted by molar-refractivity contribution is 5.28. The second-order valence-electron chi connectivity index (χ2n) is 6.42. The fourth-order valence-corrected chi connectivity index (χ4v) is 3.22. The van der Waals surface area contributed by atoms with E-state index in [2.05, 4.69) is 0 Å². The molecule has 7 nitrogen and oxygen atoms in total. The van der Waals surface area contributed by atoms with Gasteiger partial charge in [-0.3, -0.25) is 0 Å². The van der Waals surface area contributed by atoms with E-state index in [1.54, 1.807) is 18.2 Å². The Morgan fingerprint density at radius 3 is 2.77 bits per heavy atom. The number of fused-ring (bicyclic) bond motifs is 1. The zero-order valence-corrected chi connectivity index (χ0v) is 14.4. The van der Waals surface area contributed by atoms with Crippen molar-refractivity contribution >= 4 is 0 Å². The average Bonchev–Trinajstić information content (AvgIpc) is 3.20. The van der Waals surface area contributed by atoms with Crippen LogP contribution in [0.5, 0.6) is 5.75 Å². The molecule has 1 aromatic carbocycles. The number of aliphatic hydroxyl groups is 2. The first-order valence-electron chi connectivity index (χ1n) is 8.73. The molecule has 0 spiro atoms. The van der Waals surface area contributed by atoms with Gasteiger partial charge in [0.15, 0.2) is 5.76 Å². The molecular formula is C19H22O7. The molecule has 2 saturated heterocycles. The minimum atomic E-state index is -1.25. The van der Waals surface area contributed by atoms with Crippen LogP contribution in [0.3, 0.4) is 0 Å². The van der Waals surface area contributed by atoms with Crippen molar-refractivity contribution < 1.29 is 33.6 Å². The van der Waals surface area contributed by atoms with Crippen molar-refractivity contribution in [3.63, 3.8) is 0 Å². The first kappa shape index (κ1) is 17.5. The SMILES string of the molecule is CCc1cccc(OC2OC3COC(c4ccco4)OC3C(O)C2O)c1. The molecule has 0 amide bonds. The lowest BCUT2D eigenvalue weighted by atomic mass is 9.98. The van der Waals surface area contributed by atoms with Crippen LogP contribution in [0.25, 0.3) is 0 Å². The predicted octanol–water partition coefficient (Wildman–Crippen LogP) is 1.78. The normalized spacial score (nSPS) is 34.3. The number of benzene rings is 1. The Labute approximate surface area is 151 Å². The number of hydrogen-bond donors (Lipinski definition) is 2. The Hall–Kier alpha value is -1.90. The Balaban J connectivity index is 1.45. The fourth-order valence-electron chi connectivity index (χ4n) is 3.22. The van der Waals surface area contributed by atoms with E-state index in [1.165, 1.54) is 6.26 Å². The first-order chi connectivity index (χ1) is 12.7. The monoisotopic (exact) mass is 362 g/mol. The van der Waals surface area contributed by atoms with E-state index in [1.807, 2.05) is 25.1 Å². The van der Waals surface area contributed by atoms with E-state index in [0.29, 0.717) is 11.5 Å². The predicted molar refractivity (Wildman–Crippen MR) is 89.4 cm³/mol. The smallest absolute Gasteiger partial charge is 0.229 e. The van der Waals surface area contributed by atoms with Crippen molar-refractivity contribution in [1.82, 2.24) is 0 Å². The second-order valence-corrected chi connectivity index (χ2v) is 6.42. The molecule has 140 valence electrons. The van der Waals surface area contributed by atoms with Crippen LogP contribution in [0, 0.1) is 0 Å². The van der Waals surface area contributed by atoms with Gasteiger partial charge in [0, 0.05) is 0 Å². The van der Waals surface area contributed by atoms with E-state index in [0.717, 1.165) is 12.0 Å². The Bertz CT molecular complexity index is 714. The van der Waals surface area contributed by atoms with Crippen LogP contribution in [0.2, 0.25) is 0 Å². The van der Waals surface area contributed by atoms with Gasteiger partial charge in [-0.25, -0.2) is 0 Å². The van der Waals surface area contributed by atoms with Crippen molar-refractivity contribution in [3.05, 3.63) is 54.0 Å². The van der Waals surface area contributed by atoms with Gasteiger partial charge in [0.25, 0.3) is 0 Å². The second kappa shape index (κ2) is 7.38. The Morgan fingerprint density at radius 1 is 1.12 bits per heavy atom. The molecule has 0 bridgehead atoms. The number of aryl methyl sites for hydroxylation is 1. The summed E-state index contributed by atoms with van der Waals surface area (Å²) in [5, 5.41) is 21.0. The summed E-state index contributed by atoms with van der Waals surface area (Å²) < 4.78 is 28.2. The van der Waals surface area contributed by atoms with E-state index < -0.39 is 37.0 Å². The van der Waals surface area contributed by atoms with Crippen LogP contribution in [0.1, 0.15) is 24.5 Å². The molecule has 0 radical (unpaired) electrons. The highest BCUT2D eigenvalue weighted by atomic mass is 16.8. The maximum Gasteiger partial charge on any atom is 0.229 e. The molecule has 6 unspecified atom stereocenters. The van der Waals surface area contributed by atoms with E-state index in [-0.39, 0.29) is 6.61 Å². The summed E-state index contributed by atoms with van der Waals surface area (Å²) in [6.07, 6.45) is -3.08. The van der Waals surface area contributed by atoms with Crippen LogP contribution in [0.4, 0.5) is 0 Å². The molecule has 6 atom stereocenters. The molecule has 26 heavy (non-hydrogen) atoms. The van der Waals surface area contributed by atoms with Gasteiger partial charge in [-0.1, -0.05) is 19.1 Å². The molecular weight excluding hydrogens is 340 g/mol. The van der Waals surface area contributed by atoms with E-state index >= 15 is 0 Å². The number of aliphatic hydroxyl groups excluding tert-OH is 2. The zero-order chi connectivity index (χ0) is 18.1. The van der Waals surface area contributed by atoms with Crippen molar-refractivity contribution in [2.24, 2.45) is 0 Å². The van der Waals surface area contributed by atoms with Crippen LogP contribution < -0.4 is 4.74 Å². The third-order valence-electron chi connectivity index (χ3n) is 4.67. The highest BCUT2D eigenvalue weighted by Gasteiger charge is 2.50. The van der Waals surface area contributed by atoms with Crippen LogP contribution in [-0.2, 0) is 20.6 Å². The van der Waals surface area contributed by atoms with Crippen molar-refractivity contribution in [2.75, 3.05) is 6.61 Å². The number of rotatable bonds is 4. The van der Waals surface area contributed by atoms with Crippen molar-refractivity contribution in [3.8, 4) is 5.75 Å². The number of ether oxygens (including phenoxy) is 4. The third-order valence-corrected chi connectivity index (χ3v) is 4.67. The summed E-state index contributed by atoms with van der Waals surface area (Å²) in [6.45, 7) is 2.24. The molecule has 2 N–H and O–H groups in total. The summed E-state index contributed by atoms with van der Waals surface area (Å²) in [4.78, 5) is 0.